The Balaban J connectivity index is 0.00000113. The summed E-state index contributed by atoms with van der Waals surface area (Å²) in [5.41, 5.74) is 2.98. The molecular formula is C28H44O3. The van der Waals surface area contributed by atoms with Crippen LogP contribution in [0.25, 0.3) is 0 Å². The Hall–Kier alpha value is -2.26. The first-order valence-electron chi connectivity index (χ1n) is 11.4. The Morgan fingerprint density at radius 2 is 1.52 bits per heavy atom. The van der Waals surface area contributed by atoms with Gasteiger partial charge in [-0.1, -0.05) is 95.5 Å². The van der Waals surface area contributed by atoms with Crippen LogP contribution >= 0.6 is 0 Å². The summed E-state index contributed by atoms with van der Waals surface area (Å²) >= 11 is 0. The molecule has 0 fully saturated rings. The number of ether oxygens (including phenoxy) is 3. The van der Waals surface area contributed by atoms with Crippen LogP contribution in [-0.2, 0) is 21.5 Å². The fourth-order valence-corrected chi connectivity index (χ4v) is 3.16. The second-order valence-corrected chi connectivity index (χ2v) is 7.50. The molecule has 1 atom stereocenters. The summed E-state index contributed by atoms with van der Waals surface area (Å²) < 4.78 is 16.8. The minimum absolute atomic E-state index is 0.434. The quantitative estimate of drug-likeness (QED) is 0.360. The molecular weight excluding hydrogens is 384 g/mol. The lowest BCUT2D eigenvalue weighted by Crippen LogP contribution is -2.32. The molecule has 0 aliphatic heterocycles. The average Bonchev–Trinajstić information content (AvgIpc) is 2.80. The van der Waals surface area contributed by atoms with Gasteiger partial charge in [-0.2, -0.15) is 0 Å². The molecule has 1 unspecified atom stereocenters. The molecule has 2 rings (SSSR count). The fourth-order valence-electron chi connectivity index (χ4n) is 3.16. The van der Waals surface area contributed by atoms with Crippen molar-refractivity contribution in [3.05, 3.63) is 77.6 Å². The molecule has 31 heavy (non-hydrogen) atoms. The molecule has 2 aromatic rings. The molecule has 0 N–H and O–H groups in total. The van der Waals surface area contributed by atoms with E-state index in [4.69, 9.17) is 14.2 Å². The number of aryl methyl sites for hydroxylation is 1. The Bertz CT molecular complexity index is 719. The Kier molecular flexibility index (Phi) is 15.2. The molecule has 0 spiro atoms. The highest BCUT2D eigenvalue weighted by molar-refractivity contribution is 5.39. The van der Waals surface area contributed by atoms with E-state index >= 15 is 0 Å². The van der Waals surface area contributed by atoms with Gasteiger partial charge in [0.05, 0.1) is 19.1 Å². The van der Waals surface area contributed by atoms with Gasteiger partial charge in [0, 0.05) is 7.11 Å². The number of hydrogen-bond acceptors (Lipinski definition) is 3. The SMILES string of the molecule is C=C(OC)C(C)(COC)c1ccccc1COc1ccc(C)cc1.CC.CCCCC. The highest BCUT2D eigenvalue weighted by Crippen LogP contribution is 2.34. The van der Waals surface area contributed by atoms with Crippen LogP contribution < -0.4 is 4.74 Å². The van der Waals surface area contributed by atoms with E-state index in [-0.39, 0.29) is 0 Å². The molecule has 3 heteroatoms. The summed E-state index contributed by atoms with van der Waals surface area (Å²) in [5.74, 6) is 1.53. The van der Waals surface area contributed by atoms with Gasteiger partial charge in [0.1, 0.15) is 18.1 Å². The van der Waals surface area contributed by atoms with Crippen molar-refractivity contribution in [1.29, 1.82) is 0 Å². The topological polar surface area (TPSA) is 27.7 Å². The molecule has 0 aliphatic rings. The van der Waals surface area contributed by atoms with E-state index in [0.29, 0.717) is 19.0 Å². The van der Waals surface area contributed by atoms with E-state index in [1.165, 1.54) is 24.8 Å². The van der Waals surface area contributed by atoms with Crippen molar-refractivity contribution in [3.8, 4) is 5.75 Å². The fraction of sp³-hybridized carbons (Fsp3) is 0.500. The molecule has 0 heterocycles. The summed E-state index contributed by atoms with van der Waals surface area (Å²) in [6.07, 6.45) is 4.08. The monoisotopic (exact) mass is 428 g/mol. The predicted molar refractivity (Wildman–Crippen MR) is 134 cm³/mol. The number of rotatable bonds is 10. The van der Waals surface area contributed by atoms with Gasteiger partial charge in [-0.3, -0.25) is 0 Å². The van der Waals surface area contributed by atoms with E-state index < -0.39 is 5.41 Å². The predicted octanol–water partition coefficient (Wildman–Crippen LogP) is 7.86. The maximum atomic E-state index is 5.96. The van der Waals surface area contributed by atoms with Crippen molar-refractivity contribution >= 4 is 0 Å². The van der Waals surface area contributed by atoms with Gasteiger partial charge in [0.25, 0.3) is 0 Å². The summed E-state index contributed by atoms with van der Waals surface area (Å²) in [7, 11) is 3.33. The lowest BCUT2D eigenvalue weighted by molar-refractivity contribution is 0.115. The third-order valence-electron chi connectivity index (χ3n) is 5.03. The van der Waals surface area contributed by atoms with Crippen LogP contribution in [-0.4, -0.2) is 20.8 Å². The minimum atomic E-state index is -0.434. The van der Waals surface area contributed by atoms with Gasteiger partial charge in [-0.25, -0.2) is 0 Å². The Morgan fingerprint density at radius 1 is 0.935 bits per heavy atom. The van der Waals surface area contributed by atoms with E-state index in [1.807, 2.05) is 50.2 Å². The highest BCUT2D eigenvalue weighted by Gasteiger charge is 2.33. The molecule has 174 valence electrons. The molecule has 0 saturated carbocycles. The Labute approximate surface area is 191 Å². The van der Waals surface area contributed by atoms with Crippen molar-refractivity contribution in [2.45, 2.75) is 72.8 Å². The van der Waals surface area contributed by atoms with Crippen LogP contribution in [0, 0.1) is 6.92 Å². The number of unbranched alkanes of at least 4 members (excludes halogenated alkanes) is 2. The van der Waals surface area contributed by atoms with Crippen LogP contribution in [0.3, 0.4) is 0 Å². The number of hydrogen-bond donors (Lipinski definition) is 0. The zero-order valence-electron chi connectivity index (χ0n) is 21.1. The maximum absolute atomic E-state index is 5.96. The van der Waals surface area contributed by atoms with E-state index in [0.717, 1.165) is 16.9 Å². The first-order chi connectivity index (χ1) is 14.9. The van der Waals surface area contributed by atoms with Gasteiger partial charge < -0.3 is 14.2 Å². The highest BCUT2D eigenvalue weighted by atomic mass is 16.5. The second-order valence-electron chi connectivity index (χ2n) is 7.50. The minimum Gasteiger partial charge on any atom is -0.501 e. The van der Waals surface area contributed by atoms with Crippen molar-refractivity contribution in [3.63, 3.8) is 0 Å². The van der Waals surface area contributed by atoms with Gasteiger partial charge in [-0.15, -0.1) is 0 Å². The summed E-state index contributed by atoms with van der Waals surface area (Å²) in [6.45, 7) is 17.6. The zero-order chi connectivity index (χ0) is 23.7. The summed E-state index contributed by atoms with van der Waals surface area (Å²) in [4.78, 5) is 0. The Morgan fingerprint density at radius 3 is 2.00 bits per heavy atom. The molecule has 2 aromatic carbocycles. The van der Waals surface area contributed by atoms with Gasteiger partial charge in [0.15, 0.2) is 0 Å². The molecule has 0 aromatic heterocycles. The third kappa shape index (κ3) is 9.61. The summed E-state index contributed by atoms with van der Waals surface area (Å²) in [5, 5.41) is 0. The lowest BCUT2D eigenvalue weighted by Gasteiger charge is -2.32. The molecule has 0 radical (unpaired) electrons. The van der Waals surface area contributed by atoms with Gasteiger partial charge >= 0.3 is 0 Å². The second kappa shape index (κ2) is 16.4. The summed E-state index contributed by atoms with van der Waals surface area (Å²) in [6, 6.07) is 16.2. The van der Waals surface area contributed by atoms with Crippen molar-refractivity contribution in [2.75, 3.05) is 20.8 Å². The third-order valence-corrected chi connectivity index (χ3v) is 5.03. The van der Waals surface area contributed by atoms with E-state index in [9.17, 15) is 0 Å². The van der Waals surface area contributed by atoms with Crippen molar-refractivity contribution < 1.29 is 14.2 Å². The molecule has 0 saturated heterocycles. The van der Waals surface area contributed by atoms with E-state index in [1.54, 1.807) is 14.2 Å². The van der Waals surface area contributed by atoms with Gasteiger partial charge in [-0.05, 0) is 37.1 Å². The molecule has 0 bridgehead atoms. The van der Waals surface area contributed by atoms with Crippen LogP contribution in [0.5, 0.6) is 5.75 Å². The van der Waals surface area contributed by atoms with Crippen LogP contribution in [0.1, 0.15) is 70.6 Å². The maximum Gasteiger partial charge on any atom is 0.119 e. The van der Waals surface area contributed by atoms with Gasteiger partial charge in [0.2, 0.25) is 0 Å². The first kappa shape index (κ1) is 28.7. The van der Waals surface area contributed by atoms with Crippen LogP contribution in [0.4, 0.5) is 0 Å². The largest absolute Gasteiger partial charge is 0.501 e. The number of benzene rings is 2. The molecule has 3 nitrogen and oxygen atoms in total. The normalized spacial score (nSPS) is 11.7. The number of methoxy groups -OCH3 is 2. The smallest absolute Gasteiger partial charge is 0.119 e. The van der Waals surface area contributed by atoms with Crippen molar-refractivity contribution in [2.24, 2.45) is 0 Å². The van der Waals surface area contributed by atoms with Crippen LogP contribution in [0.15, 0.2) is 60.9 Å². The average molecular weight is 429 g/mol. The van der Waals surface area contributed by atoms with Crippen LogP contribution in [0.2, 0.25) is 0 Å². The zero-order valence-corrected chi connectivity index (χ0v) is 21.1. The molecule has 0 aliphatic carbocycles. The molecule has 0 amide bonds. The van der Waals surface area contributed by atoms with Crippen molar-refractivity contribution in [1.82, 2.24) is 0 Å². The first-order valence-corrected chi connectivity index (χ1v) is 11.4. The van der Waals surface area contributed by atoms with E-state index in [2.05, 4.69) is 46.4 Å². The lowest BCUT2D eigenvalue weighted by atomic mass is 9.79. The standard InChI is InChI=1S/C21H26O3.C5H12.C2H6/c1-16-10-12-19(13-11-16)24-14-18-8-6-7-9-20(18)21(3,15-22-4)17(2)23-5;1-3-5-4-2;1-2/h6-13H,2,14-15H2,1,3-5H3;3-5H2,1-2H3;1-2H3.